The molecule has 0 radical (unpaired) electrons. The van der Waals surface area contributed by atoms with Gasteiger partial charge >= 0.3 is 5.97 Å². The van der Waals surface area contributed by atoms with E-state index in [0.29, 0.717) is 22.2 Å². The van der Waals surface area contributed by atoms with Gasteiger partial charge in [0.1, 0.15) is 5.75 Å². The van der Waals surface area contributed by atoms with Crippen LogP contribution in [0, 0.1) is 0 Å². The molecule has 2 aromatic rings. The molecule has 0 aliphatic rings. The fourth-order valence-electron chi connectivity index (χ4n) is 2.18. The number of anilines is 1. The van der Waals surface area contributed by atoms with E-state index in [0.717, 1.165) is 11.3 Å². The minimum absolute atomic E-state index is 0.169. The number of rotatable bonds is 7. The quantitative estimate of drug-likeness (QED) is 0.700. The van der Waals surface area contributed by atoms with E-state index in [4.69, 9.17) is 32.7 Å². The Kier molecular flexibility index (Phi) is 7.30. The van der Waals surface area contributed by atoms with Gasteiger partial charge in [-0.1, -0.05) is 35.3 Å². The van der Waals surface area contributed by atoms with Crippen LogP contribution in [0.2, 0.25) is 10.0 Å². The largest absolute Gasteiger partial charge is 0.497 e. The second-order valence-electron chi connectivity index (χ2n) is 5.59. The summed E-state index contributed by atoms with van der Waals surface area (Å²) in [5.41, 5.74) is 1.34. The molecule has 7 heteroatoms. The topological polar surface area (TPSA) is 64.6 Å². The van der Waals surface area contributed by atoms with Crippen molar-refractivity contribution < 1.29 is 19.1 Å². The number of amides is 1. The van der Waals surface area contributed by atoms with Gasteiger partial charge in [0.05, 0.1) is 17.8 Å². The van der Waals surface area contributed by atoms with E-state index in [1.807, 2.05) is 24.3 Å². The predicted octanol–water partition coefficient (Wildman–Crippen LogP) is 4.51. The van der Waals surface area contributed by atoms with Crippen molar-refractivity contribution in [2.75, 3.05) is 12.4 Å². The van der Waals surface area contributed by atoms with Crippen LogP contribution in [0.1, 0.15) is 18.9 Å². The fourth-order valence-corrected chi connectivity index (χ4v) is 2.51. The van der Waals surface area contributed by atoms with Crippen molar-refractivity contribution in [1.82, 2.24) is 0 Å². The number of esters is 1. The van der Waals surface area contributed by atoms with Crippen molar-refractivity contribution in [3.05, 3.63) is 58.1 Å². The molecular weight excluding hydrogens is 377 g/mol. The number of nitrogens with one attached hydrogen (secondary N) is 1. The van der Waals surface area contributed by atoms with Crippen LogP contribution in [0.15, 0.2) is 42.5 Å². The van der Waals surface area contributed by atoms with E-state index in [9.17, 15) is 9.59 Å². The molecule has 2 rings (SSSR count). The normalized spacial score (nSPS) is 11.5. The number of hydrogen-bond donors (Lipinski definition) is 1. The minimum Gasteiger partial charge on any atom is -0.497 e. The molecule has 2 aromatic carbocycles. The lowest BCUT2D eigenvalue weighted by Crippen LogP contribution is -2.30. The summed E-state index contributed by atoms with van der Waals surface area (Å²) in [6, 6.07) is 12.1. The number of aryl methyl sites for hydroxylation is 1. The molecule has 0 saturated carbocycles. The molecule has 1 atom stereocenters. The summed E-state index contributed by atoms with van der Waals surface area (Å²) in [4.78, 5) is 24.1. The van der Waals surface area contributed by atoms with Gasteiger partial charge in [-0.2, -0.15) is 0 Å². The van der Waals surface area contributed by atoms with Gasteiger partial charge in [0.2, 0.25) is 0 Å². The number of hydrogen-bond acceptors (Lipinski definition) is 4. The van der Waals surface area contributed by atoms with Crippen molar-refractivity contribution >= 4 is 40.8 Å². The molecule has 138 valence electrons. The van der Waals surface area contributed by atoms with Crippen LogP contribution in [-0.4, -0.2) is 25.1 Å². The molecule has 0 aliphatic heterocycles. The number of carbonyl (C=O) groups is 2. The monoisotopic (exact) mass is 395 g/mol. The second-order valence-corrected chi connectivity index (χ2v) is 6.44. The van der Waals surface area contributed by atoms with Crippen LogP contribution in [0.5, 0.6) is 5.75 Å². The zero-order chi connectivity index (χ0) is 19.1. The molecule has 0 unspecified atom stereocenters. The Labute approximate surface area is 162 Å². The number of benzene rings is 2. The summed E-state index contributed by atoms with van der Waals surface area (Å²) in [5, 5.41) is 3.38. The van der Waals surface area contributed by atoms with Crippen LogP contribution in [-0.2, 0) is 20.7 Å². The highest BCUT2D eigenvalue weighted by Gasteiger charge is 2.19. The molecule has 0 aliphatic carbocycles. The van der Waals surface area contributed by atoms with Crippen LogP contribution in [0.3, 0.4) is 0 Å². The molecule has 0 aromatic heterocycles. The second kappa shape index (κ2) is 9.46. The maximum atomic E-state index is 12.2. The average molecular weight is 396 g/mol. The molecule has 0 saturated heterocycles. The van der Waals surface area contributed by atoms with E-state index in [-0.39, 0.29) is 6.42 Å². The third kappa shape index (κ3) is 5.93. The van der Waals surface area contributed by atoms with Crippen molar-refractivity contribution in [1.29, 1.82) is 0 Å². The maximum Gasteiger partial charge on any atom is 0.306 e. The maximum absolute atomic E-state index is 12.2. The fraction of sp³-hybridized carbons (Fsp3) is 0.263. The zero-order valence-corrected chi connectivity index (χ0v) is 15.9. The first-order chi connectivity index (χ1) is 12.4. The molecule has 0 spiro atoms. The van der Waals surface area contributed by atoms with E-state index >= 15 is 0 Å². The first kappa shape index (κ1) is 20.1. The van der Waals surface area contributed by atoms with Crippen molar-refractivity contribution in [3.63, 3.8) is 0 Å². The summed E-state index contributed by atoms with van der Waals surface area (Å²) >= 11 is 11.9. The predicted molar refractivity (Wildman–Crippen MR) is 102 cm³/mol. The van der Waals surface area contributed by atoms with Gasteiger partial charge in [-0.05, 0) is 49.2 Å². The SMILES string of the molecule is COc1ccc(CCC(=O)O[C@H](C)C(=O)Nc2cc(Cl)ccc2Cl)cc1. The third-order valence-electron chi connectivity index (χ3n) is 3.64. The van der Waals surface area contributed by atoms with Crippen LogP contribution >= 0.6 is 23.2 Å². The van der Waals surface area contributed by atoms with E-state index in [2.05, 4.69) is 5.32 Å². The number of methoxy groups -OCH3 is 1. The highest BCUT2D eigenvalue weighted by Crippen LogP contribution is 2.25. The van der Waals surface area contributed by atoms with Crippen LogP contribution in [0.25, 0.3) is 0 Å². The molecular formula is C19H19Cl2NO4. The first-order valence-corrected chi connectivity index (χ1v) is 8.73. The Balaban J connectivity index is 1.83. The van der Waals surface area contributed by atoms with Gasteiger partial charge in [0.15, 0.2) is 6.10 Å². The van der Waals surface area contributed by atoms with Crippen LogP contribution < -0.4 is 10.1 Å². The Hall–Kier alpha value is -2.24. The minimum atomic E-state index is -0.951. The Morgan fingerprint density at radius 2 is 1.81 bits per heavy atom. The smallest absolute Gasteiger partial charge is 0.306 e. The molecule has 0 fully saturated rings. The van der Waals surface area contributed by atoms with Gasteiger partial charge < -0.3 is 14.8 Å². The Bertz CT molecular complexity index is 778. The molecule has 0 bridgehead atoms. The molecule has 1 N–H and O–H groups in total. The summed E-state index contributed by atoms with van der Waals surface area (Å²) in [6.07, 6.45) is -0.271. The van der Waals surface area contributed by atoms with Gasteiger partial charge in [-0.25, -0.2) is 0 Å². The van der Waals surface area contributed by atoms with Crippen molar-refractivity contribution in [2.24, 2.45) is 0 Å². The first-order valence-electron chi connectivity index (χ1n) is 7.97. The molecule has 5 nitrogen and oxygen atoms in total. The lowest BCUT2D eigenvalue weighted by Gasteiger charge is -2.14. The summed E-state index contributed by atoms with van der Waals surface area (Å²) in [6.45, 7) is 1.50. The lowest BCUT2D eigenvalue weighted by atomic mass is 10.1. The van der Waals surface area contributed by atoms with Crippen molar-refractivity contribution in [2.45, 2.75) is 25.9 Å². The lowest BCUT2D eigenvalue weighted by molar-refractivity contribution is -0.153. The number of halogens is 2. The van der Waals surface area contributed by atoms with Crippen LogP contribution in [0.4, 0.5) is 5.69 Å². The number of ether oxygens (including phenoxy) is 2. The molecule has 26 heavy (non-hydrogen) atoms. The summed E-state index contributed by atoms with van der Waals surface area (Å²) in [7, 11) is 1.59. The van der Waals surface area contributed by atoms with Gasteiger partial charge in [0.25, 0.3) is 5.91 Å². The highest BCUT2D eigenvalue weighted by molar-refractivity contribution is 6.35. The average Bonchev–Trinajstić information content (AvgIpc) is 2.63. The summed E-state index contributed by atoms with van der Waals surface area (Å²) in [5.74, 6) is -0.186. The Morgan fingerprint density at radius 1 is 1.12 bits per heavy atom. The van der Waals surface area contributed by atoms with E-state index < -0.39 is 18.0 Å². The molecule has 1 amide bonds. The van der Waals surface area contributed by atoms with Gasteiger partial charge in [-0.15, -0.1) is 0 Å². The highest BCUT2D eigenvalue weighted by atomic mass is 35.5. The van der Waals surface area contributed by atoms with Gasteiger partial charge in [-0.3, -0.25) is 9.59 Å². The summed E-state index contributed by atoms with van der Waals surface area (Å²) < 4.78 is 10.3. The van der Waals surface area contributed by atoms with E-state index in [1.54, 1.807) is 19.2 Å². The van der Waals surface area contributed by atoms with E-state index in [1.165, 1.54) is 13.0 Å². The standard InChI is InChI=1S/C19H19Cl2NO4/c1-12(19(24)22-17-11-14(20)6-9-16(17)21)26-18(23)10-5-13-3-7-15(25-2)8-4-13/h3-4,6-9,11-12H,5,10H2,1-2H3,(H,22,24)/t12-/m1/s1. The number of carbonyl (C=O) groups excluding carboxylic acids is 2. The molecule has 0 heterocycles. The van der Waals surface area contributed by atoms with Crippen molar-refractivity contribution in [3.8, 4) is 5.75 Å². The zero-order valence-electron chi connectivity index (χ0n) is 14.4. The Morgan fingerprint density at radius 3 is 2.46 bits per heavy atom. The third-order valence-corrected chi connectivity index (χ3v) is 4.21. The van der Waals surface area contributed by atoms with Gasteiger partial charge in [0, 0.05) is 11.4 Å².